The molecule has 0 radical (unpaired) electrons. The molecule has 1 aliphatic rings. The van der Waals surface area contributed by atoms with Gasteiger partial charge < -0.3 is 10.6 Å². The molecule has 0 unspecified atom stereocenters. The molecule has 2 rings (SSSR count). The molecule has 0 bridgehead atoms. The summed E-state index contributed by atoms with van der Waals surface area (Å²) in [4.78, 5) is 2.35. The van der Waals surface area contributed by atoms with Gasteiger partial charge in [0.25, 0.3) is 0 Å². The molecule has 0 amide bonds. The molecule has 90 valence electrons. The lowest BCUT2D eigenvalue weighted by atomic mass is 9.99. The fourth-order valence-electron chi connectivity index (χ4n) is 2.03. The molecule has 0 saturated carbocycles. The van der Waals surface area contributed by atoms with E-state index in [1.165, 1.54) is 12.8 Å². The molecule has 1 aliphatic heterocycles. The molecule has 2 N–H and O–H groups in total. The summed E-state index contributed by atoms with van der Waals surface area (Å²) in [6.45, 7) is 4.51. The number of piperidine rings is 1. The fourth-order valence-corrected chi connectivity index (χ4v) is 2.34. The fraction of sp³-hybridized carbons (Fsp3) is 0.500. The van der Waals surface area contributed by atoms with E-state index in [2.05, 4.69) is 11.8 Å². The third-order valence-corrected chi connectivity index (χ3v) is 3.40. The Hall–Kier alpha value is -0.600. The first-order chi connectivity index (χ1) is 7.16. The van der Waals surface area contributed by atoms with Gasteiger partial charge in [0.1, 0.15) is 0 Å². The first kappa shape index (κ1) is 13.5. The average Bonchev–Trinajstić information content (AvgIpc) is 2.20. The summed E-state index contributed by atoms with van der Waals surface area (Å²) < 4.78 is 0. The van der Waals surface area contributed by atoms with E-state index in [-0.39, 0.29) is 12.4 Å². The Morgan fingerprint density at radius 1 is 1.31 bits per heavy atom. The lowest BCUT2D eigenvalue weighted by molar-refractivity contribution is 0.438. The predicted molar refractivity (Wildman–Crippen MR) is 73.7 cm³/mol. The quantitative estimate of drug-likeness (QED) is 0.783. The molecule has 4 heteroatoms. The summed E-state index contributed by atoms with van der Waals surface area (Å²) in [6, 6.07) is 5.77. The van der Waals surface area contributed by atoms with Crippen LogP contribution in [0.3, 0.4) is 0 Å². The third-order valence-electron chi connectivity index (χ3n) is 3.10. The highest BCUT2D eigenvalue weighted by molar-refractivity contribution is 6.33. The summed E-state index contributed by atoms with van der Waals surface area (Å²) in [5.41, 5.74) is 7.53. The van der Waals surface area contributed by atoms with Crippen LogP contribution in [0.5, 0.6) is 0 Å². The molecule has 0 spiro atoms. The zero-order valence-electron chi connectivity index (χ0n) is 9.45. The maximum absolute atomic E-state index is 6.18. The Kier molecular flexibility index (Phi) is 4.75. The topological polar surface area (TPSA) is 29.3 Å². The molecule has 1 fully saturated rings. The van der Waals surface area contributed by atoms with Gasteiger partial charge in [0.2, 0.25) is 0 Å². The monoisotopic (exact) mass is 260 g/mol. The first-order valence-corrected chi connectivity index (χ1v) is 5.84. The van der Waals surface area contributed by atoms with E-state index >= 15 is 0 Å². The van der Waals surface area contributed by atoms with Crippen LogP contribution in [0, 0.1) is 5.92 Å². The van der Waals surface area contributed by atoms with Crippen molar-refractivity contribution in [3.63, 3.8) is 0 Å². The highest BCUT2D eigenvalue weighted by Crippen LogP contribution is 2.30. The Labute approximate surface area is 108 Å². The third kappa shape index (κ3) is 2.96. The van der Waals surface area contributed by atoms with E-state index in [4.69, 9.17) is 17.3 Å². The predicted octanol–water partition coefficient (Wildman–Crippen LogP) is 3.58. The van der Waals surface area contributed by atoms with Crippen LogP contribution in [-0.4, -0.2) is 13.1 Å². The Morgan fingerprint density at radius 2 is 1.94 bits per heavy atom. The van der Waals surface area contributed by atoms with Crippen LogP contribution in [0.15, 0.2) is 18.2 Å². The molecule has 0 atom stereocenters. The van der Waals surface area contributed by atoms with Crippen molar-refractivity contribution >= 4 is 35.4 Å². The number of hydrogen-bond acceptors (Lipinski definition) is 2. The minimum Gasteiger partial charge on any atom is -0.399 e. The van der Waals surface area contributed by atoms with Gasteiger partial charge in [-0.1, -0.05) is 18.5 Å². The van der Waals surface area contributed by atoms with Crippen LogP contribution in [0.2, 0.25) is 5.02 Å². The van der Waals surface area contributed by atoms with Crippen molar-refractivity contribution in [1.29, 1.82) is 0 Å². The molecule has 0 aromatic heterocycles. The lowest BCUT2D eigenvalue weighted by Crippen LogP contribution is -2.32. The van der Waals surface area contributed by atoms with Crippen LogP contribution < -0.4 is 10.6 Å². The molecular formula is C12H18Cl2N2. The standard InChI is InChI=1S/C12H17ClN2.ClH/c1-9-4-6-15(7-5-9)12-3-2-10(14)8-11(12)13;/h2-3,8-9H,4-7,14H2,1H3;1H. The van der Waals surface area contributed by atoms with Gasteiger partial charge in [-0.05, 0) is 37.0 Å². The van der Waals surface area contributed by atoms with Gasteiger partial charge in [0.05, 0.1) is 10.7 Å². The second kappa shape index (κ2) is 5.65. The summed E-state index contributed by atoms with van der Waals surface area (Å²) in [5.74, 6) is 0.841. The number of nitrogens with two attached hydrogens (primary N) is 1. The van der Waals surface area contributed by atoms with Gasteiger partial charge >= 0.3 is 0 Å². The van der Waals surface area contributed by atoms with Gasteiger partial charge in [0.15, 0.2) is 0 Å². The molecule has 1 aromatic carbocycles. The van der Waals surface area contributed by atoms with E-state index in [1.807, 2.05) is 18.2 Å². The maximum atomic E-state index is 6.18. The largest absolute Gasteiger partial charge is 0.399 e. The number of halogens is 2. The van der Waals surface area contributed by atoms with Gasteiger partial charge in [-0.15, -0.1) is 12.4 Å². The average molecular weight is 261 g/mol. The van der Waals surface area contributed by atoms with E-state index in [0.29, 0.717) is 0 Å². The Balaban J connectivity index is 0.00000128. The van der Waals surface area contributed by atoms with E-state index < -0.39 is 0 Å². The summed E-state index contributed by atoms with van der Waals surface area (Å²) in [7, 11) is 0. The Bertz CT molecular complexity index is 347. The first-order valence-electron chi connectivity index (χ1n) is 5.47. The summed E-state index contributed by atoms with van der Waals surface area (Å²) in [5, 5.41) is 0.768. The van der Waals surface area contributed by atoms with Crippen molar-refractivity contribution in [2.24, 2.45) is 5.92 Å². The van der Waals surface area contributed by atoms with Gasteiger partial charge in [-0.25, -0.2) is 0 Å². The van der Waals surface area contributed by atoms with Crippen molar-refractivity contribution in [2.45, 2.75) is 19.8 Å². The minimum atomic E-state index is 0. The van der Waals surface area contributed by atoms with Crippen LogP contribution in [0.25, 0.3) is 0 Å². The lowest BCUT2D eigenvalue weighted by Gasteiger charge is -2.32. The van der Waals surface area contributed by atoms with Gasteiger partial charge in [-0.3, -0.25) is 0 Å². The smallest absolute Gasteiger partial charge is 0.0660 e. The zero-order chi connectivity index (χ0) is 10.8. The van der Waals surface area contributed by atoms with Gasteiger partial charge in [0, 0.05) is 18.8 Å². The Morgan fingerprint density at radius 3 is 2.50 bits per heavy atom. The zero-order valence-corrected chi connectivity index (χ0v) is 11.0. The highest BCUT2D eigenvalue weighted by Gasteiger charge is 2.17. The highest BCUT2D eigenvalue weighted by atomic mass is 35.5. The molecular weight excluding hydrogens is 243 g/mol. The van der Waals surface area contributed by atoms with E-state index in [9.17, 15) is 0 Å². The molecule has 1 heterocycles. The van der Waals surface area contributed by atoms with E-state index in [0.717, 1.165) is 35.4 Å². The summed E-state index contributed by atoms with van der Waals surface area (Å²) >= 11 is 6.18. The van der Waals surface area contributed by atoms with Crippen molar-refractivity contribution in [2.75, 3.05) is 23.7 Å². The number of anilines is 2. The summed E-state index contributed by atoms with van der Waals surface area (Å²) in [6.07, 6.45) is 2.50. The van der Waals surface area contributed by atoms with Gasteiger partial charge in [-0.2, -0.15) is 0 Å². The van der Waals surface area contributed by atoms with Crippen LogP contribution >= 0.6 is 24.0 Å². The maximum Gasteiger partial charge on any atom is 0.0660 e. The molecule has 16 heavy (non-hydrogen) atoms. The van der Waals surface area contributed by atoms with E-state index in [1.54, 1.807) is 0 Å². The number of hydrogen-bond donors (Lipinski definition) is 1. The van der Waals surface area contributed by atoms with Crippen molar-refractivity contribution < 1.29 is 0 Å². The number of nitrogen functional groups attached to an aromatic ring is 1. The second-order valence-electron chi connectivity index (χ2n) is 4.38. The van der Waals surface area contributed by atoms with Crippen LogP contribution in [0.1, 0.15) is 19.8 Å². The van der Waals surface area contributed by atoms with Crippen LogP contribution in [-0.2, 0) is 0 Å². The molecule has 1 aromatic rings. The number of nitrogens with zero attached hydrogens (tertiary/aromatic N) is 1. The molecule has 2 nitrogen and oxygen atoms in total. The minimum absolute atomic E-state index is 0. The molecule has 1 saturated heterocycles. The van der Waals surface area contributed by atoms with Crippen LogP contribution in [0.4, 0.5) is 11.4 Å². The molecule has 0 aliphatic carbocycles. The number of rotatable bonds is 1. The second-order valence-corrected chi connectivity index (χ2v) is 4.79. The number of benzene rings is 1. The van der Waals surface area contributed by atoms with Crippen molar-refractivity contribution in [3.05, 3.63) is 23.2 Å². The SMILES string of the molecule is CC1CCN(c2ccc(N)cc2Cl)CC1.Cl. The van der Waals surface area contributed by atoms with Crippen molar-refractivity contribution in [1.82, 2.24) is 0 Å². The van der Waals surface area contributed by atoms with Crippen molar-refractivity contribution in [3.8, 4) is 0 Å². The normalized spacial score (nSPS) is 17.0.